The number of allylic oxidation sites excluding steroid dienone is 1. The summed E-state index contributed by atoms with van der Waals surface area (Å²) >= 11 is 5.66. The average molecular weight is 386 g/mol. The number of halogens is 2. The third kappa shape index (κ3) is 3.98. The van der Waals surface area contributed by atoms with E-state index in [1.807, 2.05) is 0 Å². The van der Waals surface area contributed by atoms with Crippen LogP contribution in [-0.4, -0.2) is 27.2 Å². The van der Waals surface area contributed by atoms with Gasteiger partial charge < -0.3 is 15.5 Å². The van der Waals surface area contributed by atoms with Crippen LogP contribution >= 0.6 is 11.6 Å². The Labute approximate surface area is 160 Å². The molecular weight excluding hydrogens is 369 g/mol. The fraction of sp³-hybridized carbons (Fsp3) is 0.105. The highest BCUT2D eigenvalue weighted by atomic mass is 35.5. The summed E-state index contributed by atoms with van der Waals surface area (Å²) in [6.45, 7) is 1.69. The van der Waals surface area contributed by atoms with Crippen LogP contribution in [0.2, 0.25) is 0 Å². The van der Waals surface area contributed by atoms with Gasteiger partial charge in [0.1, 0.15) is 16.8 Å². The van der Waals surface area contributed by atoms with Crippen LogP contribution in [0.4, 0.5) is 10.2 Å². The molecule has 0 aliphatic carbocycles. The zero-order valence-electron chi connectivity index (χ0n) is 14.7. The molecule has 0 aliphatic rings. The molecule has 0 saturated carbocycles. The smallest absolute Gasteiger partial charge is 0.174 e. The number of ether oxygens (including phenoxy) is 1. The second-order valence-electron chi connectivity index (χ2n) is 5.80. The molecule has 0 radical (unpaired) electrons. The molecular formula is C19H17ClFN5O. The molecule has 0 unspecified atom stereocenters. The first kappa shape index (κ1) is 18.6. The first-order valence-electron chi connectivity index (χ1n) is 7.97. The molecule has 0 fully saturated rings. The number of pyridine rings is 1. The molecule has 0 spiro atoms. The van der Waals surface area contributed by atoms with Gasteiger partial charge in [-0.3, -0.25) is 5.41 Å². The van der Waals surface area contributed by atoms with Crippen molar-refractivity contribution in [1.29, 1.82) is 5.41 Å². The lowest BCUT2D eigenvalue weighted by atomic mass is 10.0. The number of nitrogens with one attached hydrogen (secondary N) is 2. The van der Waals surface area contributed by atoms with Crippen molar-refractivity contribution in [3.05, 3.63) is 59.8 Å². The van der Waals surface area contributed by atoms with Gasteiger partial charge in [-0.1, -0.05) is 11.6 Å². The SMILES string of the molecule is CO/C(=C/C(=N)Cl)c1nc(-c2ccc(F)c(C)c2)c(-c2ccnc(N)c2)[nH]1. The van der Waals surface area contributed by atoms with Crippen LogP contribution in [0, 0.1) is 18.2 Å². The number of aromatic amines is 1. The molecule has 4 N–H and O–H groups in total. The van der Waals surface area contributed by atoms with Crippen molar-refractivity contribution in [2.24, 2.45) is 0 Å². The Kier molecular flexibility index (Phi) is 5.23. The zero-order chi connectivity index (χ0) is 19.6. The van der Waals surface area contributed by atoms with E-state index in [1.165, 1.54) is 19.3 Å². The van der Waals surface area contributed by atoms with Gasteiger partial charge in [-0.05, 0) is 42.8 Å². The van der Waals surface area contributed by atoms with E-state index in [2.05, 4.69) is 15.0 Å². The highest BCUT2D eigenvalue weighted by Crippen LogP contribution is 2.33. The van der Waals surface area contributed by atoms with Gasteiger partial charge in [0.15, 0.2) is 11.6 Å². The van der Waals surface area contributed by atoms with Gasteiger partial charge in [0.05, 0.1) is 18.5 Å². The number of rotatable bonds is 5. The van der Waals surface area contributed by atoms with Crippen LogP contribution in [0.3, 0.4) is 0 Å². The summed E-state index contributed by atoms with van der Waals surface area (Å²) in [5, 5.41) is 7.25. The average Bonchev–Trinajstić information content (AvgIpc) is 3.07. The van der Waals surface area contributed by atoms with Gasteiger partial charge in [0, 0.05) is 23.4 Å². The lowest BCUT2D eigenvalue weighted by Gasteiger charge is -2.05. The van der Waals surface area contributed by atoms with E-state index in [0.717, 1.165) is 11.1 Å². The van der Waals surface area contributed by atoms with Crippen LogP contribution in [-0.2, 0) is 4.74 Å². The van der Waals surface area contributed by atoms with Crippen LogP contribution in [0.5, 0.6) is 0 Å². The van der Waals surface area contributed by atoms with Gasteiger partial charge >= 0.3 is 0 Å². The number of hydrogen-bond donors (Lipinski definition) is 3. The monoisotopic (exact) mass is 385 g/mol. The molecule has 27 heavy (non-hydrogen) atoms. The quantitative estimate of drug-likeness (QED) is 0.448. The van der Waals surface area contributed by atoms with E-state index in [4.69, 9.17) is 27.5 Å². The topological polar surface area (TPSA) is 101 Å². The lowest BCUT2D eigenvalue weighted by Crippen LogP contribution is -1.93. The van der Waals surface area contributed by atoms with E-state index < -0.39 is 0 Å². The zero-order valence-corrected chi connectivity index (χ0v) is 15.4. The number of nitrogens with two attached hydrogens (primary N) is 1. The van der Waals surface area contributed by atoms with Gasteiger partial charge in [0.25, 0.3) is 0 Å². The Morgan fingerprint density at radius 3 is 2.70 bits per heavy atom. The second-order valence-corrected chi connectivity index (χ2v) is 6.21. The van der Waals surface area contributed by atoms with Crippen molar-refractivity contribution in [3.63, 3.8) is 0 Å². The van der Waals surface area contributed by atoms with E-state index in [9.17, 15) is 4.39 Å². The number of H-pyrrole nitrogens is 1. The molecule has 0 bridgehead atoms. The maximum atomic E-state index is 13.7. The Hall–Kier alpha value is -3.19. The van der Waals surface area contributed by atoms with Crippen LogP contribution in [0.15, 0.2) is 42.6 Å². The number of anilines is 1. The van der Waals surface area contributed by atoms with E-state index >= 15 is 0 Å². The van der Waals surface area contributed by atoms with Gasteiger partial charge in [-0.15, -0.1) is 0 Å². The Balaban J connectivity index is 2.23. The number of nitrogens with zero attached hydrogens (tertiary/aromatic N) is 2. The summed E-state index contributed by atoms with van der Waals surface area (Å²) in [7, 11) is 1.46. The summed E-state index contributed by atoms with van der Waals surface area (Å²) in [4.78, 5) is 11.8. The lowest BCUT2D eigenvalue weighted by molar-refractivity contribution is 0.367. The minimum absolute atomic E-state index is 0.197. The Morgan fingerprint density at radius 1 is 1.30 bits per heavy atom. The summed E-state index contributed by atoms with van der Waals surface area (Å²) < 4.78 is 19.0. The number of hydrogen-bond acceptors (Lipinski definition) is 5. The molecule has 0 atom stereocenters. The largest absolute Gasteiger partial charge is 0.493 e. The maximum Gasteiger partial charge on any atom is 0.174 e. The predicted molar refractivity (Wildman–Crippen MR) is 105 cm³/mol. The molecule has 2 heterocycles. The number of methoxy groups -OCH3 is 1. The molecule has 3 aromatic rings. The Bertz CT molecular complexity index is 1040. The second kappa shape index (κ2) is 7.59. The highest BCUT2D eigenvalue weighted by molar-refractivity contribution is 6.67. The first-order chi connectivity index (χ1) is 12.9. The molecule has 3 rings (SSSR count). The molecule has 6 nitrogen and oxygen atoms in total. The van der Waals surface area contributed by atoms with Gasteiger partial charge in [-0.25, -0.2) is 14.4 Å². The molecule has 2 aromatic heterocycles. The minimum Gasteiger partial charge on any atom is -0.493 e. The van der Waals surface area contributed by atoms with E-state index in [-0.39, 0.29) is 11.0 Å². The third-order valence-electron chi connectivity index (χ3n) is 3.92. The standard InChI is InChI=1S/C19H17ClFN5O/c1-10-7-11(3-4-13(10)21)17-18(12-5-6-24-16(23)8-12)26-19(25-17)14(27-2)9-15(20)22/h3-9,22H,1-2H3,(H2,23,24)(H,25,26)/b14-9+,22-15?. The normalized spacial score (nSPS) is 11.5. The number of aryl methyl sites for hydroxylation is 1. The summed E-state index contributed by atoms with van der Waals surface area (Å²) in [5.74, 6) is 0.737. The molecule has 1 aromatic carbocycles. The molecule has 8 heteroatoms. The highest BCUT2D eigenvalue weighted by Gasteiger charge is 2.18. The van der Waals surface area contributed by atoms with E-state index in [1.54, 1.807) is 37.4 Å². The number of benzene rings is 1. The fourth-order valence-corrected chi connectivity index (χ4v) is 2.74. The number of imidazole rings is 1. The van der Waals surface area contributed by atoms with Crippen molar-refractivity contribution in [2.75, 3.05) is 12.8 Å². The third-order valence-corrected chi connectivity index (χ3v) is 4.03. The summed E-state index contributed by atoms with van der Waals surface area (Å²) in [6.07, 6.45) is 2.93. The molecule has 0 aliphatic heterocycles. The van der Waals surface area contributed by atoms with Crippen molar-refractivity contribution in [3.8, 4) is 22.5 Å². The van der Waals surface area contributed by atoms with Crippen molar-refractivity contribution in [2.45, 2.75) is 6.92 Å². The minimum atomic E-state index is -0.294. The van der Waals surface area contributed by atoms with Gasteiger partial charge in [0.2, 0.25) is 0 Å². The van der Waals surface area contributed by atoms with Crippen LogP contribution in [0.1, 0.15) is 11.4 Å². The molecule has 0 amide bonds. The van der Waals surface area contributed by atoms with Gasteiger partial charge in [-0.2, -0.15) is 0 Å². The number of aromatic nitrogens is 3. The van der Waals surface area contributed by atoms with E-state index in [0.29, 0.717) is 34.4 Å². The fourth-order valence-electron chi connectivity index (χ4n) is 2.64. The maximum absolute atomic E-state index is 13.7. The number of nitrogen functional groups attached to an aromatic ring is 1. The van der Waals surface area contributed by atoms with Crippen molar-refractivity contribution < 1.29 is 9.13 Å². The summed E-state index contributed by atoms with van der Waals surface area (Å²) in [5.41, 5.74) is 9.04. The predicted octanol–water partition coefficient (Wildman–Crippen LogP) is 4.37. The first-order valence-corrected chi connectivity index (χ1v) is 8.35. The van der Waals surface area contributed by atoms with Crippen LogP contribution < -0.4 is 5.73 Å². The van der Waals surface area contributed by atoms with Crippen molar-refractivity contribution >= 4 is 28.3 Å². The van der Waals surface area contributed by atoms with Crippen molar-refractivity contribution in [1.82, 2.24) is 15.0 Å². The molecule has 138 valence electrons. The van der Waals surface area contributed by atoms with Crippen LogP contribution in [0.25, 0.3) is 28.3 Å². The molecule has 0 saturated heterocycles. The Morgan fingerprint density at radius 2 is 2.07 bits per heavy atom. The summed E-state index contributed by atoms with van der Waals surface area (Å²) in [6, 6.07) is 8.24.